The van der Waals surface area contributed by atoms with E-state index in [0.29, 0.717) is 38.7 Å². The van der Waals surface area contributed by atoms with Crippen LogP contribution >= 0.6 is 22.6 Å². The summed E-state index contributed by atoms with van der Waals surface area (Å²) in [6, 6.07) is 9.69. The summed E-state index contributed by atoms with van der Waals surface area (Å²) in [6.07, 6.45) is 2.91. The largest absolute Gasteiger partial charge is 0.453 e. The summed E-state index contributed by atoms with van der Waals surface area (Å²) in [5.74, 6) is 0.314. The first-order valence-corrected chi connectivity index (χ1v) is 14.1. The number of aliphatic hydroxyl groups is 1. The van der Waals surface area contributed by atoms with Crippen molar-refractivity contribution in [1.82, 2.24) is 34.9 Å². The van der Waals surface area contributed by atoms with Gasteiger partial charge in [-0.25, -0.2) is 18.4 Å². The fourth-order valence-corrected chi connectivity index (χ4v) is 5.35. The lowest BCUT2D eigenvalue weighted by Crippen LogP contribution is -2.42. The second kappa shape index (κ2) is 11.6. The average Bonchev–Trinajstić information content (AvgIpc) is 3.51. The molecule has 0 radical (unpaired) electrons. The van der Waals surface area contributed by atoms with E-state index < -0.39 is 17.9 Å². The SMILES string of the molecule is COC(=O)NCC1CC(Nc2cc(-c3ccc4cc(C#N)cnn34)ncc2-c2nnn(C[C@@H](F)C(C)(C)O)c2I)C1. The zero-order valence-electron chi connectivity index (χ0n) is 22.7. The van der Waals surface area contributed by atoms with Gasteiger partial charge < -0.3 is 20.5 Å². The summed E-state index contributed by atoms with van der Waals surface area (Å²) in [5, 5.41) is 38.5. The third kappa shape index (κ3) is 6.10. The van der Waals surface area contributed by atoms with Gasteiger partial charge in [-0.2, -0.15) is 10.4 Å². The Morgan fingerprint density at radius 1 is 1.34 bits per heavy atom. The average molecular weight is 673 g/mol. The Balaban J connectivity index is 1.46. The van der Waals surface area contributed by atoms with Gasteiger partial charge in [-0.3, -0.25) is 4.98 Å². The Morgan fingerprint density at radius 2 is 2.12 bits per heavy atom. The van der Waals surface area contributed by atoms with Crippen LogP contribution in [-0.4, -0.2) is 72.3 Å². The molecule has 1 aliphatic carbocycles. The molecule has 4 aromatic heterocycles. The number of hydrogen-bond acceptors (Lipinski definition) is 9. The third-order valence-electron chi connectivity index (χ3n) is 7.14. The molecular weight excluding hydrogens is 644 g/mol. The van der Waals surface area contributed by atoms with Crippen LogP contribution in [0.2, 0.25) is 0 Å². The topological polar surface area (TPSA) is 155 Å². The lowest BCUT2D eigenvalue weighted by atomic mass is 9.80. The van der Waals surface area contributed by atoms with E-state index in [1.165, 1.54) is 31.8 Å². The van der Waals surface area contributed by atoms with Crippen LogP contribution < -0.4 is 10.6 Å². The smallest absolute Gasteiger partial charge is 0.406 e. The van der Waals surface area contributed by atoms with E-state index in [0.717, 1.165) is 29.7 Å². The zero-order chi connectivity index (χ0) is 29.3. The number of nitrogens with zero attached hydrogens (tertiary/aromatic N) is 7. The van der Waals surface area contributed by atoms with E-state index in [2.05, 4.69) is 59.4 Å². The van der Waals surface area contributed by atoms with E-state index >= 15 is 0 Å². The van der Waals surface area contributed by atoms with Crippen molar-refractivity contribution >= 4 is 39.9 Å². The standard InChI is InChI=1S/C27H29FIN9O3/c1-27(2,40)23(28)14-37-25(29)24(35-36-37)19-13-31-21(22-5-4-18-8-16(10-30)12-33-38(18)22)9-20(19)34-17-6-15(7-17)11-32-26(39)41-3/h4-5,8-9,12-13,15,17,23,40H,6-7,11,14H2,1-3H3,(H,31,34)(H,32,39)/t15?,17?,23-/m1/s1. The molecular formula is C27H29FIN9O3. The van der Waals surface area contributed by atoms with E-state index in [1.54, 1.807) is 16.8 Å². The van der Waals surface area contributed by atoms with Crippen LogP contribution in [0.1, 0.15) is 32.3 Å². The van der Waals surface area contributed by atoms with Crippen molar-refractivity contribution in [2.45, 2.75) is 51.0 Å². The maximum atomic E-state index is 14.6. The summed E-state index contributed by atoms with van der Waals surface area (Å²) in [6.45, 7) is 3.22. The fourth-order valence-electron chi connectivity index (χ4n) is 4.66. The monoisotopic (exact) mass is 673 g/mol. The van der Waals surface area contributed by atoms with Gasteiger partial charge >= 0.3 is 6.09 Å². The van der Waals surface area contributed by atoms with E-state index in [4.69, 9.17) is 4.98 Å². The Kier molecular flexibility index (Phi) is 8.09. The molecule has 0 saturated heterocycles. The van der Waals surface area contributed by atoms with Gasteiger partial charge in [-0.05, 0) is 79.5 Å². The van der Waals surface area contributed by atoms with Crippen molar-refractivity contribution in [3.63, 3.8) is 0 Å². The number of nitrogens with one attached hydrogen (secondary N) is 2. The Labute approximate surface area is 249 Å². The highest BCUT2D eigenvalue weighted by molar-refractivity contribution is 14.1. The molecule has 1 fully saturated rings. The lowest BCUT2D eigenvalue weighted by molar-refractivity contribution is -0.0123. The number of anilines is 1. The molecule has 4 aromatic rings. The predicted octanol–water partition coefficient (Wildman–Crippen LogP) is 3.79. The van der Waals surface area contributed by atoms with Crippen molar-refractivity contribution < 1.29 is 19.0 Å². The molecule has 4 heterocycles. The first-order valence-electron chi connectivity index (χ1n) is 13.0. The summed E-state index contributed by atoms with van der Waals surface area (Å²) in [5.41, 5.74) is 3.12. The van der Waals surface area contributed by atoms with Gasteiger partial charge in [-0.15, -0.1) is 5.10 Å². The zero-order valence-corrected chi connectivity index (χ0v) is 24.8. The van der Waals surface area contributed by atoms with E-state index in [1.807, 2.05) is 18.2 Å². The number of pyridine rings is 1. The molecule has 5 rings (SSSR count). The predicted molar refractivity (Wildman–Crippen MR) is 157 cm³/mol. The fraction of sp³-hybridized carbons (Fsp3) is 0.407. The molecule has 14 heteroatoms. The minimum Gasteiger partial charge on any atom is -0.453 e. The van der Waals surface area contributed by atoms with Crippen LogP contribution in [0.4, 0.5) is 14.9 Å². The quantitative estimate of drug-likeness (QED) is 0.225. The van der Waals surface area contributed by atoms with Crippen LogP contribution in [0.3, 0.4) is 0 Å². The van der Waals surface area contributed by atoms with Crippen LogP contribution in [0.15, 0.2) is 36.7 Å². The van der Waals surface area contributed by atoms with Crippen molar-refractivity contribution in [3.05, 3.63) is 45.9 Å². The first-order chi connectivity index (χ1) is 19.6. The van der Waals surface area contributed by atoms with Crippen LogP contribution in [-0.2, 0) is 11.3 Å². The summed E-state index contributed by atoms with van der Waals surface area (Å²) >= 11 is 2.08. The maximum absolute atomic E-state index is 14.6. The number of carbonyl (C=O) groups is 1. The third-order valence-corrected chi connectivity index (χ3v) is 8.21. The van der Waals surface area contributed by atoms with Gasteiger partial charge in [0.25, 0.3) is 0 Å². The molecule has 1 saturated carbocycles. The molecule has 3 N–H and O–H groups in total. The number of hydrogen-bond donors (Lipinski definition) is 3. The number of alkyl carbamates (subject to hydrolysis) is 1. The highest BCUT2D eigenvalue weighted by atomic mass is 127. The normalized spacial score (nSPS) is 17.5. The number of nitriles is 1. The first kappa shape index (κ1) is 28.7. The minimum atomic E-state index is -1.54. The Hall–Kier alpha value is -3.84. The summed E-state index contributed by atoms with van der Waals surface area (Å²) < 4.78 is 23.0. The molecule has 12 nitrogen and oxygen atoms in total. The molecule has 0 aliphatic heterocycles. The van der Waals surface area contributed by atoms with E-state index in [9.17, 15) is 19.6 Å². The number of rotatable bonds is 9. The Bertz CT molecular complexity index is 1620. The highest BCUT2D eigenvalue weighted by Crippen LogP contribution is 2.37. The molecule has 0 bridgehead atoms. The van der Waals surface area contributed by atoms with Gasteiger partial charge in [0.15, 0.2) is 0 Å². The molecule has 1 amide bonds. The highest BCUT2D eigenvalue weighted by Gasteiger charge is 2.32. The second-order valence-corrected chi connectivity index (χ2v) is 11.6. The number of fused-ring (bicyclic) bond motifs is 1. The molecule has 0 unspecified atom stereocenters. The summed E-state index contributed by atoms with van der Waals surface area (Å²) in [7, 11) is 1.34. The van der Waals surface area contributed by atoms with Crippen molar-refractivity contribution in [3.8, 4) is 28.7 Å². The maximum Gasteiger partial charge on any atom is 0.406 e. The van der Waals surface area contributed by atoms with Gasteiger partial charge in [0.1, 0.15) is 21.6 Å². The number of alkyl halides is 1. The van der Waals surface area contributed by atoms with Gasteiger partial charge in [0.2, 0.25) is 0 Å². The molecule has 0 aromatic carbocycles. The molecule has 214 valence electrons. The lowest BCUT2D eigenvalue weighted by Gasteiger charge is -2.37. The number of ether oxygens (including phenoxy) is 1. The van der Waals surface area contributed by atoms with Gasteiger partial charge in [-0.1, -0.05) is 5.21 Å². The number of amides is 1. The molecule has 41 heavy (non-hydrogen) atoms. The number of halogens is 2. The molecule has 1 atom stereocenters. The van der Waals surface area contributed by atoms with Crippen molar-refractivity contribution in [1.29, 1.82) is 5.26 Å². The van der Waals surface area contributed by atoms with Gasteiger partial charge in [0.05, 0.1) is 47.9 Å². The van der Waals surface area contributed by atoms with Crippen LogP contribution in [0.5, 0.6) is 0 Å². The number of aromatic nitrogens is 6. The Morgan fingerprint density at radius 3 is 2.83 bits per heavy atom. The van der Waals surface area contributed by atoms with Crippen LogP contribution in [0.25, 0.3) is 28.2 Å². The molecule has 0 spiro atoms. The minimum absolute atomic E-state index is 0.145. The van der Waals surface area contributed by atoms with Crippen molar-refractivity contribution in [2.75, 3.05) is 19.0 Å². The van der Waals surface area contributed by atoms with Gasteiger partial charge in [0, 0.05) is 30.0 Å². The van der Waals surface area contributed by atoms with Crippen LogP contribution in [0, 0.1) is 20.9 Å². The van der Waals surface area contributed by atoms with E-state index in [-0.39, 0.29) is 12.6 Å². The second-order valence-electron chi connectivity index (χ2n) is 10.6. The summed E-state index contributed by atoms with van der Waals surface area (Å²) in [4.78, 5) is 16.1. The number of methoxy groups -OCH3 is 1. The number of carbonyl (C=O) groups excluding carboxylic acids is 1. The van der Waals surface area contributed by atoms with Crippen molar-refractivity contribution in [2.24, 2.45) is 5.92 Å². The molecule has 1 aliphatic rings.